The maximum atomic E-state index is 12.7. The maximum Gasteiger partial charge on any atom is 0.339 e. The second-order valence-electron chi connectivity index (χ2n) is 7.00. The summed E-state index contributed by atoms with van der Waals surface area (Å²) in [5.74, 6) is -0.313. The Morgan fingerprint density at radius 1 is 1.00 bits per heavy atom. The average molecular weight is 356 g/mol. The summed E-state index contributed by atoms with van der Waals surface area (Å²) in [5.41, 5.74) is 4.91. The van der Waals surface area contributed by atoms with Gasteiger partial charge in [-0.15, -0.1) is 0 Å². The second-order valence-corrected chi connectivity index (χ2v) is 7.00. The summed E-state index contributed by atoms with van der Waals surface area (Å²) in [7, 11) is 0. The average Bonchev–Trinajstić information content (AvgIpc) is 3.49. The predicted octanol–water partition coefficient (Wildman–Crippen LogP) is 4.61. The minimum atomic E-state index is -1.02. The highest BCUT2D eigenvalue weighted by Gasteiger charge is 2.27. The van der Waals surface area contributed by atoms with E-state index in [0.717, 1.165) is 29.5 Å². The number of aromatic carboxylic acids is 1. The molecule has 2 aliphatic rings. The van der Waals surface area contributed by atoms with Gasteiger partial charge in [0.05, 0.1) is 0 Å². The molecule has 3 aromatic rings. The summed E-state index contributed by atoms with van der Waals surface area (Å²) in [4.78, 5) is 28.6. The van der Waals surface area contributed by atoms with Crippen LogP contribution in [0.4, 0.5) is 11.5 Å². The topological polar surface area (TPSA) is 79.3 Å². The predicted molar refractivity (Wildman–Crippen MR) is 102 cm³/mol. The number of nitrogens with zero attached hydrogens (tertiary/aromatic N) is 1. The number of carbonyl (C=O) groups is 2. The van der Waals surface area contributed by atoms with Gasteiger partial charge in [0, 0.05) is 23.0 Å². The standard InChI is InChI=1S/C22H16N2O3/c25-20-17-4-2-1-3-15(17)16-8-7-14(10-18(16)20)24-21-19(22(26)27)9-13(11-23-21)12-5-6-12/h1-4,7-12H,5-6H2,(H,23,24)(H,26,27). The number of ketones is 1. The van der Waals surface area contributed by atoms with Gasteiger partial charge in [0.25, 0.3) is 0 Å². The molecule has 0 saturated heterocycles. The minimum absolute atomic E-state index is 0.0141. The third-order valence-corrected chi connectivity index (χ3v) is 5.18. The largest absolute Gasteiger partial charge is 0.478 e. The number of benzene rings is 2. The van der Waals surface area contributed by atoms with Crippen LogP contribution in [0.2, 0.25) is 0 Å². The monoisotopic (exact) mass is 356 g/mol. The van der Waals surface area contributed by atoms with E-state index in [4.69, 9.17) is 0 Å². The van der Waals surface area contributed by atoms with Gasteiger partial charge in [-0.2, -0.15) is 0 Å². The Hall–Kier alpha value is -3.47. The molecule has 1 saturated carbocycles. The quantitative estimate of drug-likeness (QED) is 0.558. The highest BCUT2D eigenvalue weighted by atomic mass is 16.4. The summed E-state index contributed by atoms with van der Waals surface area (Å²) in [6.45, 7) is 0. The van der Waals surface area contributed by atoms with Gasteiger partial charge in [-0.1, -0.05) is 30.3 Å². The highest BCUT2D eigenvalue weighted by molar-refractivity contribution is 6.22. The lowest BCUT2D eigenvalue weighted by Crippen LogP contribution is -2.06. The van der Waals surface area contributed by atoms with Gasteiger partial charge >= 0.3 is 5.97 Å². The number of carboxylic acid groups (broad SMARTS) is 1. The molecule has 0 spiro atoms. The van der Waals surface area contributed by atoms with Crippen LogP contribution in [0.5, 0.6) is 0 Å². The van der Waals surface area contributed by atoms with Crippen molar-refractivity contribution in [1.82, 2.24) is 4.98 Å². The van der Waals surface area contributed by atoms with Crippen LogP contribution in [0.25, 0.3) is 11.1 Å². The van der Waals surface area contributed by atoms with Crippen molar-refractivity contribution in [1.29, 1.82) is 0 Å². The van der Waals surface area contributed by atoms with E-state index in [1.807, 2.05) is 36.4 Å². The van der Waals surface area contributed by atoms with Crippen molar-refractivity contribution in [3.8, 4) is 11.1 Å². The molecule has 0 bridgehead atoms. The summed E-state index contributed by atoms with van der Waals surface area (Å²) < 4.78 is 0. The summed E-state index contributed by atoms with van der Waals surface area (Å²) in [5, 5.41) is 12.6. The SMILES string of the molecule is O=C1c2ccccc2-c2ccc(Nc3ncc(C4CC4)cc3C(=O)O)cc21. The van der Waals surface area contributed by atoms with Gasteiger partial charge in [0.1, 0.15) is 11.4 Å². The Balaban J connectivity index is 1.51. The van der Waals surface area contributed by atoms with Crippen LogP contribution in [0.3, 0.4) is 0 Å². The summed E-state index contributed by atoms with van der Waals surface area (Å²) >= 11 is 0. The molecule has 1 fully saturated rings. The first-order chi connectivity index (χ1) is 13.1. The number of aromatic nitrogens is 1. The van der Waals surface area contributed by atoms with Crippen molar-refractivity contribution < 1.29 is 14.7 Å². The number of nitrogens with one attached hydrogen (secondary N) is 1. The smallest absolute Gasteiger partial charge is 0.339 e. The fourth-order valence-electron chi connectivity index (χ4n) is 3.63. The second kappa shape index (κ2) is 5.77. The van der Waals surface area contributed by atoms with Crippen molar-refractivity contribution in [2.45, 2.75) is 18.8 Å². The first kappa shape index (κ1) is 15.8. The van der Waals surface area contributed by atoms with E-state index in [2.05, 4.69) is 10.3 Å². The van der Waals surface area contributed by atoms with Crippen LogP contribution in [-0.2, 0) is 0 Å². The zero-order chi connectivity index (χ0) is 18.5. The fraction of sp³-hybridized carbons (Fsp3) is 0.136. The number of carbonyl (C=O) groups excluding carboxylic acids is 1. The Labute approximate surface area is 155 Å². The molecule has 2 aromatic carbocycles. The molecule has 5 nitrogen and oxygen atoms in total. The van der Waals surface area contributed by atoms with Gasteiger partial charge < -0.3 is 10.4 Å². The van der Waals surface area contributed by atoms with E-state index in [-0.39, 0.29) is 17.2 Å². The van der Waals surface area contributed by atoms with Gasteiger partial charge in [0.15, 0.2) is 5.78 Å². The molecule has 1 heterocycles. The number of hydrogen-bond acceptors (Lipinski definition) is 4. The van der Waals surface area contributed by atoms with Crippen LogP contribution in [0, 0.1) is 0 Å². The molecule has 132 valence electrons. The number of rotatable bonds is 4. The Morgan fingerprint density at radius 2 is 1.74 bits per heavy atom. The van der Waals surface area contributed by atoms with Crippen molar-refractivity contribution in [3.05, 3.63) is 77.0 Å². The van der Waals surface area contributed by atoms with Crippen molar-refractivity contribution in [2.75, 3.05) is 5.32 Å². The minimum Gasteiger partial charge on any atom is -0.478 e. The summed E-state index contributed by atoms with van der Waals surface area (Å²) in [6, 6.07) is 14.7. The number of anilines is 2. The summed E-state index contributed by atoms with van der Waals surface area (Å²) in [6.07, 6.45) is 3.91. The lowest BCUT2D eigenvalue weighted by atomic mass is 10.1. The van der Waals surface area contributed by atoms with E-state index < -0.39 is 5.97 Å². The maximum absolute atomic E-state index is 12.7. The Bertz CT molecular complexity index is 1120. The first-order valence-electron chi connectivity index (χ1n) is 8.90. The molecule has 0 radical (unpaired) electrons. The number of hydrogen-bond donors (Lipinski definition) is 2. The zero-order valence-electron chi connectivity index (χ0n) is 14.4. The highest BCUT2D eigenvalue weighted by Crippen LogP contribution is 2.41. The van der Waals surface area contributed by atoms with Gasteiger partial charge in [-0.25, -0.2) is 9.78 Å². The molecular weight excluding hydrogens is 340 g/mol. The van der Waals surface area contributed by atoms with Crippen LogP contribution < -0.4 is 5.32 Å². The van der Waals surface area contributed by atoms with Gasteiger partial charge in [-0.05, 0) is 53.6 Å². The third-order valence-electron chi connectivity index (χ3n) is 5.18. The zero-order valence-corrected chi connectivity index (χ0v) is 14.4. The molecule has 2 N–H and O–H groups in total. The van der Waals surface area contributed by atoms with Crippen molar-refractivity contribution >= 4 is 23.3 Å². The van der Waals surface area contributed by atoms with Crippen LogP contribution in [0.1, 0.15) is 50.6 Å². The Morgan fingerprint density at radius 3 is 2.48 bits per heavy atom. The van der Waals surface area contributed by atoms with Gasteiger partial charge in [-0.3, -0.25) is 4.79 Å². The molecule has 1 aromatic heterocycles. The molecule has 5 rings (SSSR count). The van der Waals surface area contributed by atoms with Crippen LogP contribution in [0.15, 0.2) is 54.7 Å². The molecule has 0 aliphatic heterocycles. The van der Waals surface area contributed by atoms with Crippen molar-refractivity contribution in [3.63, 3.8) is 0 Å². The molecule has 2 aliphatic carbocycles. The molecule has 0 unspecified atom stereocenters. The number of fused-ring (bicyclic) bond motifs is 3. The molecule has 27 heavy (non-hydrogen) atoms. The van der Waals surface area contributed by atoms with E-state index in [9.17, 15) is 14.7 Å². The van der Waals surface area contributed by atoms with Crippen molar-refractivity contribution in [2.24, 2.45) is 0 Å². The lowest BCUT2D eigenvalue weighted by molar-refractivity contribution is 0.0697. The number of pyridine rings is 1. The molecule has 0 atom stereocenters. The number of carboxylic acids is 1. The molecule has 0 amide bonds. The first-order valence-corrected chi connectivity index (χ1v) is 8.90. The normalized spacial score (nSPS) is 14.6. The van der Waals surface area contributed by atoms with Gasteiger partial charge in [0.2, 0.25) is 0 Å². The molecule has 5 heteroatoms. The van der Waals surface area contributed by atoms with Crippen LogP contribution in [-0.4, -0.2) is 21.8 Å². The van der Waals surface area contributed by atoms with E-state index in [1.165, 1.54) is 0 Å². The van der Waals surface area contributed by atoms with E-state index >= 15 is 0 Å². The van der Waals surface area contributed by atoms with E-state index in [0.29, 0.717) is 22.7 Å². The Kier molecular flexibility index (Phi) is 3.37. The molecular formula is C22H16N2O3. The fourth-order valence-corrected chi connectivity index (χ4v) is 3.63. The van der Waals surface area contributed by atoms with Crippen LogP contribution >= 0.6 is 0 Å². The lowest BCUT2D eigenvalue weighted by Gasteiger charge is -2.11. The van der Waals surface area contributed by atoms with E-state index in [1.54, 1.807) is 18.3 Å². The third kappa shape index (κ3) is 2.59.